The molecule has 1 aromatic heterocycles. The number of hydrogen-bond donors (Lipinski definition) is 2. The highest BCUT2D eigenvalue weighted by molar-refractivity contribution is 7.10. The van der Waals surface area contributed by atoms with Crippen LogP contribution in [0.2, 0.25) is 0 Å². The lowest BCUT2D eigenvalue weighted by Gasteiger charge is -2.10. The van der Waals surface area contributed by atoms with Gasteiger partial charge in [0.2, 0.25) is 0 Å². The fourth-order valence-corrected chi connectivity index (χ4v) is 2.44. The van der Waals surface area contributed by atoms with Crippen LogP contribution in [-0.4, -0.2) is 16.2 Å². The molecule has 0 amide bonds. The Morgan fingerprint density at radius 1 is 1.35 bits per heavy atom. The maximum atomic E-state index is 13.0. The van der Waals surface area contributed by atoms with Crippen LogP contribution in [0.3, 0.4) is 0 Å². The van der Waals surface area contributed by atoms with Gasteiger partial charge >= 0.3 is 5.97 Å². The van der Waals surface area contributed by atoms with Gasteiger partial charge in [-0.3, -0.25) is 0 Å². The Balaban J connectivity index is 2.40. The van der Waals surface area contributed by atoms with Crippen LogP contribution in [-0.2, 0) is 0 Å². The number of thiophene rings is 1. The number of hydrogen-bond acceptors (Lipinski definition) is 3. The number of rotatable bonds is 3. The molecular formula is C12H9FO3S. The Bertz CT molecular complexity index is 550. The van der Waals surface area contributed by atoms with Gasteiger partial charge in [0.25, 0.3) is 0 Å². The van der Waals surface area contributed by atoms with Gasteiger partial charge in [-0.1, -0.05) is 12.1 Å². The second-order valence-electron chi connectivity index (χ2n) is 3.46. The van der Waals surface area contributed by atoms with Crippen molar-refractivity contribution in [1.82, 2.24) is 0 Å². The molecule has 0 saturated heterocycles. The van der Waals surface area contributed by atoms with E-state index in [1.165, 1.54) is 24.3 Å². The summed E-state index contributed by atoms with van der Waals surface area (Å²) in [5.74, 6) is -1.56. The summed E-state index contributed by atoms with van der Waals surface area (Å²) < 4.78 is 13.0. The molecule has 0 spiro atoms. The van der Waals surface area contributed by atoms with Crippen molar-refractivity contribution in [3.63, 3.8) is 0 Å². The Hall–Kier alpha value is -1.72. The van der Waals surface area contributed by atoms with Crippen molar-refractivity contribution >= 4 is 17.3 Å². The largest absolute Gasteiger partial charge is 0.478 e. The van der Waals surface area contributed by atoms with Gasteiger partial charge in [-0.05, 0) is 29.1 Å². The molecule has 1 unspecified atom stereocenters. The summed E-state index contributed by atoms with van der Waals surface area (Å²) in [5.41, 5.74) is 0.390. The fourth-order valence-electron chi connectivity index (χ4n) is 1.54. The number of halogens is 1. The molecule has 2 rings (SSSR count). The zero-order chi connectivity index (χ0) is 12.4. The molecule has 88 valence electrons. The molecule has 3 nitrogen and oxygen atoms in total. The highest BCUT2D eigenvalue weighted by Gasteiger charge is 2.20. The van der Waals surface area contributed by atoms with Crippen molar-refractivity contribution in [2.24, 2.45) is 0 Å². The summed E-state index contributed by atoms with van der Waals surface area (Å²) >= 11 is 1.13. The molecule has 0 radical (unpaired) electrons. The topological polar surface area (TPSA) is 57.5 Å². The average molecular weight is 252 g/mol. The first-order chi connectivity index (χ1) is 8.09. The summed E-state index contributed by atoms with van der Waals surface area (Å²) in [5, 5.41) is 20.5. The third-order valence-electron chi connectivity index (χ3n) is 2.34. The predicted molar refractivity (Wildman–Crippen MR) is 61.7 cm³/mol. The van der Waals surface area contributed by atoms with Crippen LogP contribution < -0.4 is 0 Å². The molecule has 0 fully saturated rings. The number of aromatic carboxylic acids is 1. The Morgan fingerprint density at radius 3 is 2.76 bits per heavy atom. The molecule has 0 saturated carbocycles. The van der Waals surface area contributed by atoms with Crippen molar-refractivity contribution in [3.8, 4) is 0 Å². The monoisotopic (exact) mass is 252 g/mol. The van der Waals surface area contributed by atoms with Gasteiger partial charge in [-0.2, -0.15) is 0 Å². The van der Waals surface area contributed by atoms with Crippen molar-refractivity contribution in [3.05, 3.63) is 57.5 Å². The normalized spacial score (nSPS) is 12.4. The summed E-state index contributed by atoms with van der Waals surface area (Å²) in [7, 11) is 0. The Kier molecular flexibility index (Phi) is 3.21. The van der Waals surface area contributed by atoms with Crippen LogP contribution in [0.1, 0.15) is 26.9 Å². The Morgan fingerprint density at radius 2 is 2.12 bits per heavy atom. The third kappa shape index (κ3) is 2.35. The number of aliphatic hydroxyl groups is 1. The summed E-state index contributed by atoms with van der Waals surface area (Å²) in [6, 6.07) is 6.91. The molecule has 2 N–H and O–H groups in total. The number of carbonyl (C=O) groups is 1. The number of carboxylic acid groups (broad SMARTS) is 1. The molecule has 0 aliphatic carbocycles. The zero-order valence-corrected chi connectivity index (χ0v) is 9.45. The molecule has 5 heteroatoms. The van der Waals surface area contributed by atoms with Gasteiger partial charge in [-0.15, -0.1) is 11.3 Å². The summed E-state index contributed by atoms with van der Waals surface area (Å²) in [6.07, 6.45) is -1.11. The standard InChI is InChI=1S/C12H9FO3S/c13-8-3-1-2-7(6-8)10(14)11-9(12(15)16)4-5-17-11/h1-6,10,14H,(H,15,16). The molecule has 1 heterocycles. The van der Waals surface area contributed by atoms with Crippen molar-refractivity contribution in [1.29, 1.82) is 0 Å². The minimum absolute atomic E-state index is 0.0479. The van der Waals surface area contributed by atoms with Crippen molar-refractivity contribution < 1.29 is 19.4 Å². The van der Waals surface area contributed by atoms with Gasteiger partial charge in [0.15, 0.2) is 0 Å². The second-order valence-corrected chi connectivity index (χ2v) is 4.41. The van der Waals surface area contributed by atoms with E-state index in [2.05, 4.69) is 0 Å². The van der Waals surface area contributed by atoms with Gasteiger partial charge < -0.3 is 10.2 Å². The molecule has 0 aliphatic rings. The fraction of sp³-hybridized carbons (Fsp3) is 0.0833. The number of aliphatic hydroxyl groups excluding tert-OH is 1. The molecule has 0 bridgehead atoms. The maximum absolute atomic E-state index is 13.0. The van der Waals surface area contributed by atoms with Gasteiger partial charge in [0.1, 0.15) is 11.9 Å². The average Bonchev–Trinajstić information content (AvgIpc) is 2.77. The van der Waals surface area contributed by atoms with Crippen LogP contribution in [0.5, 0.6) is 0 Å². The first kappa shape index (κ1) is 11.8. The van der Waals surface area contributed by atoms with Crippen LogP contribution in [0.4, 0.5) is 4.39 Å². The molecule has 1 aromatic carbocycles. The van der Waals surface area contributed by atoms with Gasteiger partial charge in [0.05, 0.1) is 10.4 Å². The lowest BCUT2D eigenvalue weighted by Crippen LogP contribution is -2.04. The highest BCUT2D eigenvalue weighted by atomic mass is 32.1. The van der Waals surface area contributed by atoms with E-state index in [0.717, 1.165) is 11.3 Å². The van der Waals surface area contributed by atoms with Crippen LogP contribution in [0.15, 0.2) is 35.7 Å². The van der Waals surface area contributed by atoms with E-state index >= 15 is 0 Å². The summed E-state index contributed by atoms with van der Waals surface area (Å²) in [4.78, 5) is 11.2. The maximum Gasteiger partial charge on any atom is 0.336 e. The SMILES string of the molecule is O=C(O)c1ccsc1C(O)c1cccc(F)c1. The molecule has 2 aromatic rings. The molecule has 0 aliphatic heterocycles. The van der Waals surface area contributed by atoms with Crippen molar-refractivity contribution in [2.75, 3.05) is 0 Å². The minimum Gasteiger partial charge on any atom is -0.478 e. The lowest BCUT2D eigenvalue weighted by molar-refractivity contribution is 0.0692. The smallest absolute Gasteiger partial charge is 0.336 e. The predicted octanol–water partition coefficient (Wildman–Crippen LogP) is 2.67. The highest BCUT2D eigenvalue weighted by Crippen LogP contribution is 2.29. The van der Waals surface area contributed by atoms with E-state index in [-0.39, 0.29) is 5.56 Å². The van der Waals surface area contributed by atoms with Crippen molar-refractivity contribution in [2.45, 2.75) is 6.10 Å². The Labute approximate surface area is 101 Å². The van der Waals surface area contributed by atoms with Gasteiger partial charge in [0, 0.05) is 0 Å². The van der Waals surface area contributed by atoms with E-state index in [9.17, 15) is 14.3 Å². The van der Waals surface area contributed by atoms with E-state index in [1.807, 2.05) is 0 Å². The molecule has 17 heavy (non-hydrogen) atoms. The second kappa shape index (κ2) is 4.65. The van der Waals surface area contributed by atoms with Crippen LogP contribution in [0.25, 0.3) is 0 Å². The molecule has 1 atom stereocenters. The van der Waals surface area contributed by atoms with E-state index < -0.39 is 17.9 Å². The van der Waals surface area contributed by atoms with E-state index in [4.69, 9.17) is 5.11 Å². The molecular weight excluding hydrogens is 243 g/mol. The number of benzene rings is 1. The lowest BCUT2D eigenvalue weighted by atomic mass is 10.1. The van der Waals surface area contributed by atoms with Crippen LogP contribution in [0, 0.1) is 5.82 Å². The first-order valence-corrected chi connectivity index (χ1v) is 5.72. The number of carboxylic acids is 1. The van der Waals surface area contributed by atoms with E-state index in [1.54, 1.807) is 11.4 Å². The van der Waals surface area contributed by atoms with E-state index in [0.29, 0.717) is 10.4 Å². The minimum atomic E-state index is -1.11. The third-order valence-corrected chi connectivity index (χ3v) is 3.31. The van der Waals surface area contributed by atoms with Crippen LogP contribution >= 0.6 is 11.3 Å². The first-order valence-electron chi connectivity index (χ1n) is 4.84. The summed E-state index contributed by atoms with van der Waals surface area (Å²) in [6.45, 7) is 0. The quantitative estimate of drug-likeness (QED) is 0.883. The van der Waals surface area contributed by atoms with Gasteiger partial charge in [-0.25, -0.2) is 9.18 Å². The zero-order valence-electron chi connectivity index (χ0n) is 8.63.